The lowest BCUT2D eigenvalue weighted by Crippen LogP contribution is -2.45. The van der Waals surface area contributed by atoms with Crippen LogP contribution in [0.25, 0.3) is 32.7 Å². The molecule has 2 aromatic carbocycles. The van der Waals surface area contributed by atoms with Gasteiger partial charge in [-0.1, -0.05) is 0 Å². The molecule has 12 nitrogen and oxygen atoms in total. The quantitative estimate of drug-likeness (QED) is 0.113. The van der Waals surface area contributed by atoms with Crippen molar-refractivity contribution in [3.63, 3.8) is 0 Å². The van der Waals surface area contributed by atoms with Crippen LogP contribution in [-0.2, 0) is 0 Å². The molecular weight excluding hydrogens is 476 g/mol. The fraction of sp³-hybridized carbons (Fsp3) is 0.333. The average molecular weight is 500 g/mol. The van der Waals surface area contributed by atoms with Gasteiger partial charge in [0, 0.05) is 32.7 Å². The van der Waals surface area contributed by atoms with E-state index in [1.165, 1.54) is 12.1 Å². The molecule has 0 amide bonds. The van der Waals surface area contributed by atoms with Crippen LogP contribution in [-0.4, -0.2) is 91.6 Å². The van der Waals surface area contributed by atoms with Gasteiger partial charge < -0.3 is 40.9 Å². The van der Waals surface area contributed by atoms with Crippen LogP contribution >= 0.6 is 0 Å². The SMILES string of the molecule is O=c1c(=NC(CO)(CO)CO)c2cc(O)cc3c2-c2c1cc(O)cc2c(=NC(CO)(CO)CO)c3=O. The summed E-state index contributed by atoms with van der Waals surface area (Å²) in [6, 6.07) is 4.58. The Labute approximate surface area is 201 Å². The summed E-state index contributed by atoms with van der Waals surface area (Å²) < 4.78 is 0. The van der Waals surface area contributed by atoms with Crippen molar-refractivity contribution < 1.29 is 40.9 Å². The maximum absolute atomic E-state index is 13.6. The van der Waals surface area contributed by atoms with Gasteiger partial charge in [0.1, 0.15) is 33.3 Å². The van der Waals surface area contributed by atoms with E-state index in [-0.39, 0.29) is 43.4 Å². The first-order valence-corrected chi connectivity index (χ1v) is 10.8. The number of aliphatic hydroxyl groups is 6. The third kappa shape index (κ3) is 3.71. The molecule has 2 aromatic rings. The number of hydrogen-bond acceptors (Lipinski definition) is 12. The predicted octanol–water partition coefficient (Wildman–Crippen LogP) is -3.22. The Morgan fingerprint density at radius 3 is 1.08 bits per heavy atom. The molecule has 0 fully saturated rings. The molecular formula is C24H24N2O10. The second-order valence-electron chi connectivity index (χ2n) is 8.81. The van der Waals surface area contributed by atoms with Crippen LogP contribution in [0, 0.1) is 0 Å². The van der Waals surface area contributed by atoms with Crippen LogP contribution in [0.2, 0.25) is 0 Å². The van der Waals surface area contributed by atoms with Gasteiger partial charge in [0.15, 0.2) is 0 Å². The van der Waals surface area contributed by atoms with E-state index in [9.17, 15) is 50.4 Å². The molecule has 0 saturated heterocycles. The van der Waals surface area contributed by atoms with Crippen molar-refractivity contribution >= 4 is 21.5 Å². The van der Waals surface area contributed by atoms with Crippen LogP contribution in [0.5, 0.6) is 11.5 Å². The molecule has 36 heavy (non-hydrogen) atoms. The highest BCUT2D eigenvalue weighted by atomic mass is 16.3. The number of benzene rings is 4. The molecule has 2 aliphatic carbocycles. The third-order valence-electron chi connectivity index (χ3n) is 6.39. The number of nitrogens with zero attached hydrogens (tertiary/aromatic N) is 2. The van der Waals surface area contributed by atoms with Crippen molar-refractivity contribution in [1.29, 1.82) is 0 Å². The molecule has 4 rings (SSSR count). The number of rotatable bonds is 8. The van der Waals surface area contributed by atoms with Crippen molar-refractivity contribution in [2.75, 3.05) is 39.6 Å². The highest BCUT2D eigenvalue weighted by molar-refractivity contribution is 6.12. The zero-order valence-corrected chi connectivity index (χ0v) is 18.8. The van der Waals surface area contributed by atoms with Gasteiger partial charge in [0.2, 0.25) is 10.9 Å². The number of aromatic hydroxyl groups is 2. The van der Waals surface area contributed by atoms with Gasteiger partial charge in [-0.3, -0.25) is 19.6 Å². The Kier molecular flexibility index (Phi) is 6.51. The van der Waals surface area contributed by atoms with E-state index in [1.807, 2.05) is 0 Å². The van der Waals surface area contributed by atoms with Crippen LogP contribution in [0.4, 0.5) is 0 Å². The molecule has 0 aliphatic heterocycles. The topological polar surface area (TPSA) is 221 Å². The summed E-state index contributed by atoms with van der Waals surface area (Å²) in [6.07, 6.45) is 0. The summed E-state index contributed by atoms with van der Waals surface area (Å²) in [6.45, 7) is -4.93. The first kappa shape index (κ1) is 25.6. The standard InChI is InChI=1S/C24H24N2O10/c27-5-23(6-28,7-29)25-19-13-1-11(33)3-15-17(13)18-14(2-12(34)4-16(18)21(19)35)20(22(15)36)26-24(8-30,9-31)10-32/h1-4,27-34H,5-10H2. The third-order valence-corrected chi connectivity index (χ3v) is 6.39. The zero-order chi connectivity index (χ0) is 26.4. The Morgan fingerprint density at radius 1 is 0.528 bits per heavy atom. The summed E-state index contributed by atoms with van der Waals surface area (Å²) in [5.74, 6) is -0.856. The summed E-state index contributed by atoms with van der Waals surface area (Å²) in [5.41, 5.74) is -4.98. The molecule has 0 atom stereocenters. The molecule has 0 saturated carbocycles. The monoisotopic (exact) mass is 500 g/mol. The fourth-order valence-corrected chi connectivity index (χ4v) is 4.23. The minimum absolute atomic E-state index is 0.0145. The Balaban J connectivity index is 2.38. The molecule has 0 spiro atoms. The van der Waals surface area contributed by atoms with Crippen molar-refractivity contribution in [3.8, 4) is 22.6 Å². The smallest absolute Gasteiger partial charge is 0.212 e. The molecule has 0 heterocycles. The molecule has 0 bridgehead atoms. The van der Waals surface area contributed by atoms with E-state index in [4.69, 9.17) is 0 Å². The van der Waals surface area contributed by atoms with E-state index >= 15 is 0 Å². The largest absolute Gasteiger partial charge is 0.508 e. The number of aliphatic hydroxyl groups excluding tert-OH is 6. The highest BCUT2D eigenvalue weighted by Gasteiger charge is 2.32. The van der Waals surface area contributed by atoms with Gasteiger partial charge in [-0.05, 0) is 24.3 Å². The lowest BCUT2D eigenvalue weighted by molar-refractivity contribution is 0.0686. The van der Waals surface area contributed by atoms with Crippen LogP contribution in [0.3, 0.4) is 0 Å². The molecule has 12 heteroatoms. The first-order valence-electron chi connectivity index (χ1n) is 10.8. The Morgan fingerprint density at radius 2 is 0.806 bits per heavy atom. The molecule has 2 aliphatic rings. The second kappa shape index (κ2) is 9.17. The minimum Gasteiger partial charge on any atom is -0.508 e. The molecule has 0 unspecified atom stereocenters. The maximum Gasteiger partial charge on any atom is 0.212 e. The van der Waals surface area contributed by atoms with Gasteiger partial charge in [-0.25, -0.2) is 0 Å². The first-order chi connectivity index (χ1) is 17.1. The fourth-order valence-electron chi connectivity index (χ4n) is 4.23. The van der Waals surface area contributed by atoms with Crippen molar-refractivity contribution in [3.05, 3.63) is 55.4 Å². The Hall–Kier alpha value is -3.52. The maximum atomic E-state index is 13.6. The van der Waals surface area contributed by atoms with E-state index in [0.717, 1.165) is 12.1 Å². The van der Waals surface area contributed by atoms with Gasteiger partial charge in [0.05, 0.1) is 39.6 Å². The van der Waals surface area contributed by atoms with Gasteiger partial charge in [-0.15, -0.1) is 0 Å². The summed E-state index contributed by atoms with van der Waals surface area (Å²) in [5, 5.41) is 78.2. The minimum atomic E-state index is -1.85. The predicted molar refractivity (Wildman–Crippen MR) is 127 cm³/mol. The lowest BCUT2D eigenvalue weighted by atomic mass is 9.86. The summed E-state index contributed by atoms with van der Waals surface area (Å²) >= 11 is 0. The number of hydrogen-bond donors (Lipinski definition) is 8. The molecule has 0 radical (unpaired) electrons. The van der Waals surface area contributed by atoms with Gasteiger partial charge in [0.25, 0.3) is 0 Å². The molecule has 8 N–H and O–H groups in total. The van der Waals surface area contributed by atoms with E-state index in [2.05, 4.69) is 9.98 Å². The zero-order valence-electron chi connectivity index (χ0n) is 18.8. The van der Waals surface area contributed by atoms with Crippen LogP contribution in [0.15, 0.2) is 43.8 Å². The van der Waals surface area contributed by atoms with E-state index in [0.29, 0.717) is 0 Å². The van der Waals surface area contributed by atoms with E-state index < -0.39 is 73.1 Å². The van der Waals surface area contributed by atoms with E-state index in [1.54, 1.807) is 0 Å². The average Bonchev–Trinajstić information content (AvgIpc) is 2.89. The highest BCUT2D eigenvalue weighted by Crippen LogP contribution is 2.38. The van der Waals surface area contributed by atoms with Crippen molar-refractivity contribution in [2.45, 2.75) is 11.1 Å². The second-order valence-corrected chi connectivity index (χ2v) is 8.81. The van der Waals surface area contributed by atoms with Gasteiger partial charge >= 0.3 is 0 Å². The van der Waals surface area contributed by atoms with Crippen LogP contribution < -0.4 is 21.6 Å². The normalized spacial score (nSPS) is 14.2. The van der Waals surface area contributed by atoms with Crippen LogP contribution in [0.1, 0.15) is 0 Å². The lowest BCUT2D eigenvalue weighted by Gasteiger charge is -2.24. The number of phenolic OH excluding ortho intramolecular Hbond substituents is 2. The summed E-state index contributed by atoms with van der Waals surface area (Å²) in [7, 11) is 0. The van der Waals surface area contributed by atoms with Crippen molar-refractivity contribution in [2.24, 2.45) is 9.98 Å². The Bertz CT molecular complexity index is 1490. The van der Waals surface area contributed by atoms with Crippen molar-refractivity contribution in [1.82, 2.24) is 0 Å². The molecule has 190 valence electrons. The molecule has 0 aromatic heterocycles. The van der Waals surface area contributed by atoms with Gasteiger partial charge in [-0.2, -0.15) is 0 Å². The number of phenols is 2. The summed E-state index contributed by atoms with van der Waals surface area (Å²) in [4.78, 5) is 35.4.